The van der Waals surface area contributed by atoms with Gasteiger partial charge in [0.05, 0.1) is 17.4 Å². The van der Waals surface area contributed by atoms with Gasteiger partial charge in [0.15, 0.2) is 5.69 Å². The van der Waals surface area contributed by atoms with Gasteiger partial charge in [-0.25, -0.2) is 4.79 Å². The number of carboxylic acid groups (broad SMARTS) is 1. The summed E-state index contributed by atoms with van der Waals surface area (Å²) in [6, 6.07) is 7.01. The minimum Gasteiger partial charge on any atom is -0.476 e. The van der Waals surface area contributed by atoms with Gasteiger partial charge in [0.25, 0.3) is 0 Å². The fraction of sp³-hybridized carbons (Fsp3) is 0.0769. The molecule has 0 aliphatic rings. The molecule has 0 aliphatic heterocycles. The molecule has 0 fully saturated rings. The molecule has 0 saturated carbocycles. The summed E-state index contributed by atoms with van der Waals surface area (Å²) in [4.78, 5) is 10.8. The molecule has 0 aliphatic carbocycles. The SMILES string of the molecule is Cc1ccc2[nH]ncc2c1-c1ccc(C(=O)O)nn1. The van der Waals surface area contributed by atoms with Gasteiger partial charge in [-0.15, -0.1) is 10.2 Å². The van der Waals surface area contributed by atoms with Crippen LogP contribution in [-0.4, -0.2) is 31.5 Å². The van der Waals surface area contributed by atoms with E-state index in [0.29, 0.717) is 5.69 Å². The topological polar surface area (TPSA) is 91.8 Å². The molecular formula is C13H10N4O2. The Kier molecular flexibility index (Phi) is 2.49. The highest BCUT2D eigenvalue weighted by molar-refractivity contribution is 5.95. The molecule has 6 nitrogen and oxygen atoms in total. The van der Waals surface area contributed by atoms with Crippen molar-refractivity contribution < 1.29 is 9.90 Å². The van der Waals surface area contributed by atoms with Crippen LogP contribution in [0.4, 0.5) is 0 Å². The maximum Gasteiger partial charge on any atom is 0.356 e. The van der Waals surface area contributed by atoms with Crippen molar-refractivity contribution in [2.45, 2.75) is 6.92 Å². The van der Waals surface area contributed by atoms with Crippen LogP contribution in [0.25, 0.3) is 22.2 Å². The summed E-state index contributed by atoms with van der Waals surface area (Å²) in [5.74, 6) is -1.09. The van der Waals surface area contributed by atoms with Gasteiger partial charge < -0.3 is 5.11 Å². The van der Waals surface area contributed by atoms with Crippen LogP contribution in [0.1, 0.15) is 16.1 Å². The number of hydrogen-bond acceptors (Lipinski definition) is 4. The first kappa shape index (κ1) is 11.3. The van der Waals surface area contributed by atoms with Crippen LogP contribution < -0.4 is 0 Å². The molecule has 3 rings (SSSR count). The Morgan fingerprint density at radius 3 is 2.74 bits per heavy atom. The molecule has 0 amide bonds. The molecule has 94 valence electrons. The third-order valence-electron chi connectivity index (χ3n) is 2.97. The van der Waals surface area contributed by atoms with Crippen LogP contribution >= 0.6 is 0 Å². The molecule has 0 radical (unpaired) electrons. The van der Waals surface area contributed by atoms with Gasteiger partial charge in [-0.3, -0.25) is 5.10 Å². The number of fused-ring (bicyclic) bond motifs is 1. The van der Waals surface area contributed by atoms with Gasteiger partial charge in [0, 0.05) is 10.9 Å². The van der Waals surface area contributed by atoms with E-state index < -0.39 is 5.97 Å². The normalized spacial score (nSPS) is 10.8. The summed E-state index contributed by atoms with van der Waals surface area (Å²) in [7, 11) is 0. The van der Waals surface area contributed by atoms with Crippen LogP contribution in [-0.2, 0) is 0 Å². The van der Waals surface area contributed by atoms with Crippen molar-refractivity contribution in [3.63, 3.8) is 0 Å². The third kappa shape index (κ3) is 1.83. The first-order chi connectivity index (χ1) is 9.16. The Balaban J connectivity index is 2.20. The summed E-state index contributed by atoms with van der Waals surface area (Å²) in [6.45, 7) is 1.97. The summed E-state index contributed by atoms with van der Waals surface area (Å²) in [6.07, 6.45) is 1.73. The second-order valence-electron chi connectivity index (χ2n) is 4.20. The van der Waals surface area contributed by atoms with Gasteiger partial charge in [0.1, 0.15) is 0 Å². The number of nitrogens with one attached hydrogen (secondary N) is 1. The average molecular weight is 254 g/mol. The minimum absolute atomic E-state index is 0.0687. The molecule has 0 unspecified atom stereocenters. The number of aromatic carboxylic acids is 1. The number of rotatable bonds is 2. The smallest absolute Gasteiger partial charge is 0.356 e. The molecule has 19 heavy (non-hydrogen) atoms. The molecule has 2 heterocycles. The molecule has 0 saturated heterocycles. The van der Waals surface area contributed by atoms with E-state index in [-0.39, 0.29) is 5.69 Å². The van der Waals surface area contributed by atoms with E-state index in [4.69, 9.17) is 5.11 Å². The Hall–Kier alpha value is -2.76. The number of nitrogens with zero attached hydrogens (tertiary/aromatic N) is 3. The Labute approximate surface area is 108 Å². The van der Waals surface area contributed by atoms with E-state index >= 15 is 0 Å². The number of aromatic nitrogens is 4. The number of benzene rings is 1. The van der Waals surface area contributed by atoms with Crippen molar-refractivity contribution in [1.82, 2.24) is 20.4 Å². The summed E-state index contributed by atoms with van der Waals surface area (Å²) < 4.78 is 0. The van der Waals surface area contributed by atoms with Crippen LogP contribution in [0.5, 0.6) is 0 Å². The number of hydrogen-bond donors (Lipinski definition) is 2. The van der Waals surface area contributed by atoms with Gasteiger partial charge in [-0.2, -0.15) is 5.10 Å². The van der Waals surface area contributed by atoms with Crippen molar-refractivity contribution in [3.8, 4) is 11.3 Å². The lowest BCUT2D eigenvalue weighted by atomic mass is 10.0. The third-order valence-corrected chi connectivity index (χ3v) is 2.97. The second-order valence-corrected chi connectivity index (χ2v) is 4.20. The van der Waals surface area contributed by atoms with E-state index in [2.05, 4.69) is 20.4 Å². The quantitative estimate of drug-likeness (QED) is 0.730. The highest BCUT2D eigenvalue weighted by Crippen LogP contribution is 2.29. The van der Waals surface area contributed by atoms with Crippen LogP contribution in [0.3, 0.4) is 0 Å². The van der Waals surface area contributed by atoms with Crippen molar-refractivity contribution >= 4 is 16.9 Å². The molecule has 0 spiro atoms. The zero-order chi connectivity index (χ0) is 13.4. The molecule has 0 atom stereocenters. The maximum atomic E-state index is 10.8. The summed E-state index contributed by atoms with van der Waals surface area (Å²) >= 11 is 0. The number of aryl methyl sites for hydroxylation is 1. The maximum absolute atomic E-state index is 10.8. The molecule has 2 aromatic heterocycles. The minimum atomic E-state index is -1.09. The van der Waals surface area contributed by atoms with Crippen LogP contribution in [0.2, 0.25) is 0 Å². The largest absolute Gasteiger partial charge is 0.476 e. The standard InChI is InChI=1S/C13H10N4O2/c1-7-2-3-9-8(6-14-15-9)12(7)10-4-5-11(13(18)19)17-16-10/h2-6H,1H3,(H,14,15)(H,18,19). The predicted octanol–water partition coefficient (Wildman–Crippen LogP) is 2.03. The fourth-order valence-corrected chi connectivity index (χ4v) is 2.05. The lowest BCUT2D eigenvalue weighted by Crippen LogP contribution is -2.02. The van der Waals surface area contributed by atoms with E-state index in [0.717, 1.165) is 22.0 Å². The highest BCUT2D eigenvalue weighted by Gasteiger charge is 2.12. The van der Waals surface area contributed by atoms with Gasteiger partial charge in [-0.05, 0) is 30.7 Å². The molecule has 6 heteroatoms. The van der Waals surface area contributed by atoms with E-state index in [1.54, 1.807) is 12.3 Å². The molecule has 1 aromatic carbocycles. The lowest BCUT2D eigenvalue weighted by Gasteiger charge is -2.06. The van der Waals surface area contributed by atoms with Crippen molar-refractivity contribution in [2.24, 2.45) is 0 Å². The predicted molar refractivity (Wildman–Crippen MR) is 68.8 cm³/mol. The summed E-state index contributed by atoms with van der Waals surface area (Å²) in [5.41, 5.74) is 3.42. The fourth-order valence-electron chi connectivity index (χ4n) is 2.05. The van der Waals surface area contributed by atoms with E-state index in [9.17, 15) is 4.79 Å². The molecule has 0 bridgehead atoms. The number of carboxylic acids is 1. The van der Waals surface area contributed by atoms with E-state index in [1.807, 2.05) is 19.1 Å². The number of aromatic amines is 1. The monoisotopic (exact) mass is 254 g/mol. The average Bonchev–Trinajstić information content (AvgIpc) is 2.87. The number of carbonyl (C=O) groups is 1. The first-order valence-electron chi connectivity index (χ1n) is 5.67. The highest BCUT2D eigenvalue weighted by atomic mass is 16.4. The van der Waals surface area contributed by atoms with Gasteiger partial charge in [-0.1, -0.05) is 6.07 Å². The second kappa shape index (κ2) is 4.16. The number of H-pyrrole nitrogens is 1. The Bertz CT molecular complexity index is 762. The lowest BCUT2D eigenvalue weighted by molar-refractivity contribution is 0.0689. The zero-order valence-electron chi connectivity index (χ0n) is 10.1. The van der Waals surface area contributed by atoms with Crippen LogP contribution in [0, 0.1) is 6.92 Å². The van der Waals surface area contributed by atoms with Crippen molar-refractivity contribution in [3.05, 3.63) is 41.7 Å². The van der Waals surface area contributed by atoms with Crippen molar-refractivity contribution in [1.29, 1.82) is 0 Å². The van der Waals surface area contributed by atoms with Gasteiger partial charge >= 0.3 is 5.97 Å². The molecular weight excluding hydrogens is 244 g/mol. The van der Waals surface area contributed by atoms with E-state index in [1.165, 1.54) is 6.07 Å². The first-order valence-corrected chi connectivity index (χ1v) is 5.67. The Morgan fingerprint density at radius 2 is 2.05 bits per heavy atom. The zero-order valence-corrected chi connectivity index (χ0v) is 10.1. The van der Waals surface area contributed by atoms with Crippen molar-refractivity contribution in [2.75, 3.05) is 0 Å². The Morgan fingerprint density at radius 1 is 1.21 bits per heavy atom. The molecule has 3 aromatic rings. The summed E-state index contributed by atoms with van der Waals surface area (Å²) in [5, 5.41) is 24.4. The molecule has 2 N–H and O–H groups in total. The van der Waals surface area contributed by atoms with Gasteiger partial charge in [0.2, 0.25) is 0 Å². The van der Waals surface area contributed by atoms with Crippen LogP contribution in [0.15, 0.2) is 30.5 Å².